The second-order valence-corrected chi connectivity index (χ2v) is 6.02. The van der Waals surface area contributed by atoms with Crippen LogP contribution in [-0.4, -0.2) is 61.5 Å². The normalized spacial score (nSPS) is 12.6. The topological polar surface area (TPSA) is 73.2 Å². The lowest BCUT2D eigenvalue weighted by atomic mass is 10.1. The van der Waals surface area contributed by atoms with Crippen LogP contribution in [0.15, 0.2) is 24.4 Å². The van der Waals surface area contributed by atoms with E-state index in [0.717, 1.165) is 35.2 Å². The fourth-order valence-electron chi connectivity index (χ4n) is 2.45. The zero-order valence-electron chi connectivity index (χ0n) is 15.2. The van der Waals surface area contributed by atoms with Gasteiger partial charge in [-0.3, -0.25) is 4.57 Å². The second-order valence-electron chi connectivity index (χ2n) is 6.02. The average molecular weight is 350 g/mol. The molecule has 0 spiro atoms. The molecule has 7 heteroatoms. The van der Waals surface area contributed by atoms with Crippen LogP contribution in [0, 0.1) is 0 Å². The maximum Gasteiger partial charge on any atom is 0.420 e. The number of hydrogen-bond donors (Lipinski definition) is 1. The Morgan fingerprint density at radius 1 is 1.36 bits per heavy atom. The van der Waals surface area contributed by atoms with Gasteiger partial charge in [-0.1, -0.05) is 6.92 Å². The lowest BCUT2D eigenvalue weighted by Gasteiger charge is -2.10. The molecule has 0 saturated carbocycles. The van der Waals surface area contributed by atoms with Crippen molar-refractivity contribution in [2.45, 2.75) is 26.1 Å². The van der Waals surface area contributed by atoms with Crippen molar-refractivity contribution in [1.82, 2.24) is 9.47 Å². The molecule has 1 aromatic carbocycles. The van der Waals surface area contributed by atoms with Gasteiger partial charge in [-0.05, 0) is 50.7 Å². The van der Waals surface area contributed by atoms with E-state index in [0.29, 0.717) is 6.42 Å². The maximum atomic E-state index is 12.4. The molecule has 1 aromatic heterocycles. The molecule has 1 unspecified atom stereocenters. The summed E-state index contributed by atoms with van der Waals surface area (Å²) in [6, 6.07) is 5.55. The molecule has 0 radical (unpaired) electrons. The number of carbonyl (C=O) groups is 1. The molecule has 0 bridgehead atoms. The summed E-state index contributed by atoms with van der Waals surface area (Å²) in [5.41, 5.74) is 1.78. The summed E-state index contributed by atoms with van der Waals surface area (Å²) < 4.78 is 16.8. The Hall–Kier alpha value is -2.09. The van der Waals surface area contributed by atoms with Crippen molar-refractivity contribution in [3.8, 4) is 5.75 Å². The van der Waals surface area contributed by atoms with Crippen molar-refractivity contribution < 1.29 is 24.1 Å². The monoisotopic (exact) mass is 350 g/mol. The zero-order valence-corrected chi connectivity index (χ0v) is 15.2. The number of aliphatic hydroxyl groups excluding tert-OH is 1. The van der Waals surface area contributed by atoms with Crippen LogP contribution in [0.25, 0.3) is 10.9 Å². The van der Waals surface area contributed by atoms with Crippen LogP contribution in [0.1, 0.15) is 18.9 Å². The summed E-state index contributed by atoms with van der Waals surface area (Å²) in [5.74, 6) is 0.735. The number of carbonyl (C=O) groups excluding carboxylic acids is 1. The van der Waals surface area contributed by atoms with E-state index in [2.05, 4.69) is 4.90 Å². The molecule has 2 aromatic rings. The smallest absolute Gasteiger partial charge is 0.420 e. The van der Waals surface area contributed by atoms with E-state index in [1.165, 1.54) is 4.57 Å². The number of methoxy groups -OCH3 is 1. The Labute approximate surface area is 147 Å². The van der Waals surface area contributed by atoms with E-state index in [9.17, 15) is 9.90 Å². The second kappa shape index (κ2) is 8.84. The SMILES string of the molecule is CCC(O)OCOC(=O)n1cc(CCN(C)C)c2cc(OC)ccc21. The summed E-state index contributed by atoms with van der Waals surface area (Å²) in [5, 5.41) is 10.3. The van der Waals surface area contributed by atoms with Gasteiger partial charge in [0.15, 0.2) is 13.1 Å². The zero-order chi connectivity index (χ0) is 18.4. The molecule has 0 saturated heterocycles. The number of rotatable bonds is 8. The Kier molecular flexibility index (Phi) is 6.81. The molecule has 0 aliphatic rings. The molecule has 1 atom stereocenters. The van der Waals surface area contributed by atoms with Gasteiger partial charge in [0, 0.05) is 18.1 Å². The number of aromatic nitrogens is 1. The minimum Gasteiger partial charge on any atom is -0.497 e. The van der Waals surface area contributed by atoms with Crippen LogP contribution < -0.4 is 4.74 Å². The fraction of sp³-hybridized carbons (Fsp3) is 0.500. The number of aliphatic hydroxyl groups is 1. The molecular weight excluding hydrogens is 324 g/mol. The van der Waals surface area contributed by atoms with Crippen molar-refractivity contribution in [3.63, 3.8) is 0 Å². The predicted molar refractivity (Wildman–Crippen MR) is 94.9 cm³/mol. The van der Waals surface area contributed by atoms with Crippen molar-refractivity contribution in [1.29, 1.82) is 0 Å². The van der Waals surface area contributed by atoms with Crippen LogP contribution in [-0.2, 0) is 15.9 Å². The van der Waals surface area contributed by atoms with Gasteiger partial charge in [0.25, 0.3) is 0 Å². The highest BCUT2D eigenvalue weighted by atomic mass is 16.7. The molecular formula is C18H26N2O5. The van der Waals surface area contributed by atoms with Gasteiger partial charge < -0.3 is 24.2 Å². The molecule has 0 aliphatic carbocycles. The molecule has 25 heavy (non-hydrogen) atoms. The Bertz CT molecular complexity index is 711. The predicted octanol–water partition coefficient (Wildman–Crippen LogP) is 2.44. The first-order valence-electron chi connectivity index (χ1n) is 8.25. The first-order valence-corrected chi connectivity index (χ1v) is 8.25. The van der Waals surface area contributed by atoms with Crippen LogP contribution in [0.4, 0.5) is 4.79 Å². The van der Waals surface area contributed by atoms with Crippen molar-refractivity contribution in [2.75, 3.05) is 34.5 Å². The van der Waals surface area contributed by atoms with Gasteiger partial charge in [0.05, 0.1) is 12.6 Å². The molecule has 138 valence electrons. The van der Waals surface area contributed by atoms with Crippen LogP contribution in [0.2, 0.25) is 0 Å². The summed E-state index contributed by atoms with van der Waals surface area (Å²) in [4.78, 5) is 14.5. The van der Waals surface area contributed by atoms with E-state index in [4.69, 9.17) is 14.2 Å². The molecule has 0 aliphatic heterocycles. The molecule has 2 rings (SSSR count). The van der Waals surface area contributed by atoms with Gasteiger partial charge in [-0.2, -0.15) is 0 Å². The highest BCUT2D eigenvalue weighted by molar-refractivity contribution is 5.92. The third-order valence-electron chi connectivity index (χ3n) is 3.91. The molecule has 7 nitrogen and oxygen atoms in total. The summed E-state index contributed by atoms with van der Waals surface area (Å²) in [7, 11) is 5.62. The Morgan fingerprint density at radius 2 is 2.12 bits per heavy atom. The lowest BCUT2D eigenvalue weighted by molar-refractivity contribution is -0.151. The minimum absolute atomic E-state index is 0.295. The number of ether oxygens (including phenoxy) is 3. The highest BCUT2D eigenvalue weighted by Crippen LogP contribution is 2.27. The molecule has 0 fully saturated rings. The van der Waals surface area contributed by atoms with E-state index < -0.39 is 12.4 Å². The number of nitrogens with zero attached hydrogens (tertiary/aromatic N) is 2. The van der Waals surface area contributed by atoms with Gasteiger partial charge >= 0.3 is 6.09 Å². The number of hydrogen-bond acceptors (Lipinski definition) is 6. The van der Waals surface area contributed by atoms with Gasteiger partial charge in [-0.25, -0.2) is 4.79 Å². The van der Waals surface area contributed by atoms with E-state index in [1.807, 2.05) is 26.2 Å². The first-order chi connectivity index (χ1) is 12.0. The Morgan fingerprint density at radius 3 is 2.76 bits per heavy atom. The number of likely N-dealkylation sites (N-methyl/N-ethyl adjacent to an activating group) is 1. The standard InChI is InChI=1S/C18H26N2O5/c1-5-17(21)24-12-25-18(22)20-11-13(8-9-19(2)3)15-10-14(23-4)6-7-16(15)20/h6-7,10-11,17,21H,5,8-9,12H2,1-4H3. The number of fused-ring (bicyclic) bond motifs is 1. The highest BCUT2D eigenvalue weighted by Gasteiger charge is 2.16. The average Bonchev–Trinajstić information content (AvgIpc) is 2.97. The fourth-order valence-corrected chi connectivity index (χ4v) is 2.45. The van der Waals surface area contributed by atoms with Crippen LogP contribution >= 0.6 is 0 Å². The lowest BCUT2D eigenvalue weighted by Crippen LogP contribution is -2.19. The quantitative estimate of drug-likeness (QED) is 0.737. The third-order valence-corrected chi connectivity index (χ3v) is 3.91. The largest absolute Gasteiger partial charge is 0.497 e. The molecule has 1 N–H and O–H groups in total. The third kappa shape index (κ3) is 4.94. The van der Waals surface area contributed by atoms with Crippen LogP contribution in [0.5, 0.6) is 5.75 Å². The number of benzene rings is 1. The summed E-state index contributed by atoms with van der Waals surface area (Å²) in [6.07, 6.45) is 1.52. The molecule has 1 heterocycles. The van der Waals surface area contributed by atoms with Gasteiger partial charge in [0.1, 0.15) is 5.75 Å². The maximum absolute atomic E-state index is 12.4. The van der Waals surface area contributed by atoms with E-state index in [1.54, 1.807) is 26.3 Å². The summed E-state index contributed by atoms with van der Waals surface area (Å²) in [6.45, 7) is 2.34. The van der Waals surface area contributed by atoms with Gasteiger partial charge in [-0.15, -0.1) is 0 Å². The summed E-state index contributed by atoms with van der Waals surface area (Å²) >= 11 is 0. The van der Waals surface area contributed by atoms with E-state index >= 15 is 0 Å². The van der Waals surface area contributed by atoms with Crippen molar-refractivity contribution in [2.24, 2.45) is 0 Å². The molecule has 0 amide bonds. The van der Waals surface area contributed by atoms with Crippen molar-refractivity contribution in [3.05, 3.63) is 30.0 Å². The first kappa shape index (κ1) is 19.2. The van der Waals surface area contributed by atoms with Crippen LogP contribution in [0.3, 0.4) is 0 Å². The minimum atomic E-state index is -0.936. The van der Waals surface area contributed by atoms with Gasteiger partial charge in [0.2, 0.25) is 0 Å². The Balaban J connectivity index is 2.24. The van der Waals surface area contributed by atoms with Crippen molar-refractivity contribution >= 4 is 17.0 Å². The van der Waals surface area contributed by atoms with E-state index in [-0.39, 0.29) is 6.79 Å².